The Morgan fingerprint density at radius 1 is 1.17 bits per heavy atom. The number of carbonyl (C=O) groups excluding carboxylic acids is 2. The van der Waals surface area contributed by atoms with E-state index in [2.05, 4.69) is 5.32 Å². The summed E-state index contributed by atoms with van der Waals surface area (Å²) in [5, 5.41) is 3.19. The summed E-state index contributed by atoms with van der Waals surface area (Å²) >= 11 is 0. The zero-order chi connectivity index (χ0) is 17.4. The second-order valence-corrected chi connectivity index (χ2v) is 6.26. The Morgan fingerprint density at radius 2 is 1.83 bits per heavy atom. The molecule has 0 spiro atoms. The van der Waals surface area contributed by atoms with Gasteiger partial charge in [-0.15, -0.1) is 0 Å². The number of likely N-dealkylation sites (tertiary alicyclic amines) is 1. The first-order valence-electron chi connectivity index (χ1n) is 8.82. The molecule has 0 atom stereocenters. The molecular formula is C19H28N2O3. The monoisotopic (exact) mass is 332 g/mol. The molecule has 1 N–H and O–H groups in total. The number of hydrogen-bond acceptors (Lipinski definition) is 4. The molecule has 1 fully saturated rings. The number of nitrogens with zero attached hydrogens (tertiary/aromatic N) is 1. The van der Waals surface area contributed by atoms with Gasteiger partial charge in [0, 0.05) is 31.5 Å². The van der Waals surface area contributed by atoms with Crippen molar-refractivity contribution in [3.63, 3.8) is 0 Å². The van der Waals surface area contributed by atoms with Gasteiger partial charge < -0.3 is 15.0 Å². The molecule has 5 nitrogen and oxygen atoms in total. The Balaban J connectivity index is 1.76. The molecule has 132 valence electrons. The Kier molecular flexibility index (Phi) is 7.25. The standard InChI is InChI=1S/C19H28N2O3/c1-3-24-17-6-4-16(5-7-17)18(22)8-9-19(23)21-12-10-15(11-13-21)14-20-2/h4-7,15,20H,3,8-14H2,1-2H3. The molecule has 1 saturated heterocycles. The number of amides is 1. The normalized spacial score (nSPS) is 15.3. The molecule has 0 aromatic heterocycles. The van der Waals surface area contributed by atoms with Gasteiger partial charge >= 0.3 is 0 Å². The maximum atomic E-state index is 12.3. The van der Waals surface area contributed by atoms with Crippen molar-refractivity contribution in [1.82, 2.24) is 10.2 Å². The van der Waals surface area contributed by atoms with Gasteiger partial charge in [0.05, 0.1) is 6.61 Å². The van der Waals surface area contributed by atoms with E-state index in [0.29, 0.717) is 24.5 Å². The number of Topliss-reactive ketones (excluding diaryl/α,β-unsaturated/α-hetero) is 1. The van der Waals surface area contributed by atoms with Crippen LogP contribution >= 0.6 is 0 Å². The third-order valence-electron chi connectivity index (χ3n) is 4.51. The van der Waals surface area contributed by atoms with Crippen LogP contribution in [0.4, 0.5) is 0 Å². The fourth-order valence-electron chi connectivity index (χ4n) is 3.10. The van der Waals surface area contributed by atoms with Crippen LogP contribution in [0.15, 0.2) is 24.3 Å². The molecule has 1 heterocycles. The van der Waals surface area contributed by atoms with Crippen LogP contribution in [0.1, 0.15) is 43.0 Å². The summed E-state index contributed by atoms with van der Waals surface area (Å²) in [4.78, 5) is 26.4. The number of hydrogen-bond donors (Lipinski definition) is 1. The number of carbonyl (C=O) groups is 2. The maximum absolute atomic E-state index is 12.3. The Bertz CT molecular complexity index is 534. The van der Waals surface area contributed by atoms with E-state index in [1.54, 1.807) is 24.3 Å². The predicted molar refractivity (Wildman–Crippen MR) is 94.4 cm³/mol. The Morgan fingerprint density at radius 3 is 2.42 bits per heavy atom. The van der Waals surface area contributed by atoms with Gasteiger partial charge in [-0.2, -0.15) is 0 Å². The minimum absolute atomic E-state index is 0.0106. The van der Waals surface area contributed by atoms with Crippen molar-refractivity contribution in [2.45, 2.75) is 32.6 Å². The van der Waals surface area contributed by atoms with E-state index in [-0.39, 0.29) is 18.1 Å². The first-order chi connectivity index (χ1) is 11.6. The molecule has 5 heteroatoms. The van der Waals surface area contributed by atoms with Crippen LogP contribution in [-0.2, 0) is 4.79 Å². The van der Waals surface area contributed by atoms with E-state index in [0.717, 1.165) is 38.2 Å². The summed E-state index contributed by atoms with van der Waals surface area (Å²) < 4.78 is 5.37. The molecule has 1 amide bonds. The maximum Gasteiger partial charge on any atom is 0.223 e. The average Bonchev–Trinajstić information content (AvgIpc) is 2.61. The fourth-order valence-corrected chi connectivity index (χ4v) is 3.10. The zero-order valence-electron chi connectivity index (χ0n) is 14.7. The van der Waals surface area contributed by atoms with E-state index in [1.165, 1.54) is 0 Å². The number of benzene rings is 1. The summed E-state index contributed by atoms with van der Waals surface area (Å²) in [6.45, 7) is 5.15. The minimum Gasteiger partial charge on any atom is -0.494 e. The highest BCUT2D eigenvalue weighted by atomic mass is 16.5. The van der Waals surface area contributed by atoms with Crippen molar-refractivity contribution in [2.75, 3.05) is 33.3 Å². The summed E-state index contributed by atoms with van der Waals surface area (Å²) in [5.74, 6) is 1.52. The average molecular weight is 332 g/mol. The minimum atomic E-state index is 0.0106. The van der Waals surface area contributed by atoms with Crippen molar-refractivity contribution >= 4 is 11.7 Å². The molecule has 0 unspecified atom stereocenters. The smallest absolute Gasteiger partial charge is 0.223 e. The fraction of sp³-hybridized carbons (Fsp3) is 0.579. The highest BCUT2D eigenvalue weighted by molar-refractivity contribution is 5.98. The molecule has 1 aromatic rings. The third kappa shape index (κ3) is 5.34. The molecule has 0 aliphatic carbocycles. The second kappa shape index (κ2) is 9.42. The molecule has 0 radical (unpaired) electrons. The molecular weight excluding hydrogens is 304 g/mol. The van der Waals surface area contributed by atoms with E-state index in [1.807, 2.05) is 18.9 Å². The lowest BCUT2D eigenvalue weighted by Crippen LogP contribution is -2.40. The van der Waals surface area contributed by atoms with Gasteiger partial charge in [-0.25, -0.2) is 0 Å². The van der Waals surface area contributed by atoms with Crippen LogP contribution in [0.2, 0.25) is 0 Å². The van der Waals surface area contributed by atoms with Crippen molar-refractivity contribution < 1.29 is 14.3 Å². The number of ketones is 1. The van der Waals surface area contributed by atoms with E-state index >= 15 is 0 Å². The van der Waals surface area contributed by atoms with Crippen LogP contribution in [-0.4, -0.2) is 49.9 Å². The lowest BCUT2D eigenvalue weighted by Gasteiger charge is -2.32. The lowest BCUT2D eigenvalue weighted by molar-refractivity contribution is -0.132. The summed E-state index contributed by atoms with van der Waals surface area (Å²) in [7, 11) is 1.96. The van der Waals surface area contributed by atoms with Gasteiger partial charge in [-0.05, 0) is 63.5 Å². The summed E-state index contributed by atoms with van der Waals surface area (Å²) in [5.41, 5.74) is 0.638. The Hall–Kier alpha value is -1.88. The van der Waals surface area contributed by atoms with Crippen molar-refractivity contribution in [2.24, 2.45) is 5.92 Å². The first-order valence-corrected chi connectivity index (χ1v) is 8.82. The first kappa shape index (κ1) is 18.5. The quantitative estimate of drug-likeness (QED) is 0.743. The molecule has 2 rings (SSSR count). The summed E-state index contributed by atoms with van der Waals surface area (Å²) in [6.07, 6.45) is 2.64. The van der Waals surface area contributed by atoms with Gasteiger partial charge in [0.25, 0.3) is 0 Å². The molecule has 0 saturated carbocycles. The third-order valence-corrected chi connectivity index (χ3v) is 4.51. The van der Waals surface area contributed by atoms with Crippen molar-refractivity contribution in [1.29, 1.82) is 0 Å². The molecule has 1 aliphatic heterocycles. The largest absolute Gasteiger partial charge is 0.494 e. The zero-order valence-corrected chi connectivity index (χ0v) is 14.7. The van der Waals surface area contributed by atoms with Crippen LogP contribution in [0.25, 0.3) is 0 Å². The van der Waals surface area contributed by atoms with Gasteiger partial charge in [-0.1, -0.05) is 0 Å². The van der Waals surface area contributed by atoms with E-state index in [9.17, 15) is 9.59 Å². The molecule has 1 aromatic carbocycles. The van der Waals surface area contributed by atoms with E-state index < -0.39 is 0 Å². The van der Waals surface area contributed by atoms with Crippen molar-refractivity contribution in [3.05, 3.63) is 29.8 Å². The molecule has 1 aliphatic rings. The van der Waals surface area contributed by atoms with Crippen LogP contribution in [0.5, 0.6) is 5.75 Å². The van der Waals surface area contributed by atoms with Crippen LogP contribution in [0.3, 0.4) is 0 Å². The van der Waals surface area contributed by atoms with Crippen LogP contribution < -0.4 is 10.1 Å². The highest BCUT2D eigenvalue weighted by Crippen LogP contribution is 2.18. The highest BCUT2D eigenvalue weighted by Gasteiger charge is 2.22. The Labute approximate surface area is 144 Å². The SMILES string of the molecule is CCOc1ccc(C(=O)CCC(=O)N2CCC(CNC)CC2)cc1. The molecule has 24 heavy (non-hydrogen) atoms. The molecule has 0 bridgehead atoms. The van der Waals surface area contributed by atoms with Gasteiger partial charge in [0.1, 0.15) is 5.75 Å². The van der Waals surface area contributed by atoms with Gasteiger partial charge in [-0.3, -0.25) is 9.59 Å². The number of ether oxygens (including phenoxy) is 1. The van der Waals surface area contributed by atoms with Gasteiger partial charge in [0.2, 0.25) is 5.91 Å². The number of nitrogens with one attached hydrogen (secondary N) is 1. The van der Waals surface area contributed by atoms with E-state index in [4.69, 9.17) is 4.74 Å². The number of rotatable bonds is 8. The van der Waals surface area contributed by atoms with Gasteiger partial charge in [0.15, 0.2) is 5.78 Å². The van der Waals surface area contributed by atoms with Crippen LogP contribution in [0, 0.1) is 5.92 Å². The lowest BCUT2D eigenvalue weighted by atomic mass is 9.96. The topological polar surface area (TPSA) is 58.6 Å². The van der Waals surface area contributed by atoms with Crippen molar-refractivity contribution in [3.8, 4) is 5.75 Å². The summed E-state index contributed by atoms with van der Waals surface area (Å²) in [6, 6.07) is 7.12. The second-order valence-electron chi connectivity index (χ2n) is 6.26. The number of piperidine rings is 1. The predicted octanol–water partition coefficient (Wildman–Crippen LogP) is 2.51.